The van der Waals surface area contributed by atoms with Crippen molar-refractivity contribution in [2.24, 2.45) is 0 Å². The number of amides is 1. The largest absolute Gasteiger partial charge is 0.464 e. The number of methoxy groups -OCH3 is 1. The van der Waals surface area contributed by atoms with Crippen molar-refractivity contribution in [3.8, 4) is 0 Å². The molecular formula is C11H18N4O3. The van der Waals surface area contributed by atoms with Gasteiger partial charge < -0.3 is 20.4 Å². The van der Waals surface area contributed by atoms with Gasteiger partial charge in [0.2, 0.25) is 5.91 Å². The van der Waals surface area contributed by atoms with Gasteiger partial charge >= 0.3 is 5.97 Å². The molecule has 1 heterocycles. The average molecular weight is 254 g/mol. The van der Waals surface area contributed by atoms with E-state index in [4.69, 9.17) is 5.73 Å². The van der Waals surface area contributed by atoms with Crippen molar-refractivity contribution in [3.05, 3.63) is 12.0 Å². The zero-order valence-electron chi connectivity index (χ0n) is 10.9. The second-order valence-corrected chi connectivity index (χ2v) is 4.22. The van der Waals surface area contributed by atoms with Crippen LogP contribution in [-0.4, -0.2) is 34.6 Å². The fraction of sp³-hybridized carbons (Fsp3) is 0.545. The average Bonchev–Trinajstić information content (AvgIpc) is 2.68. The van der Waals surface area contributed by atoms with Crippen molar-refractivity contribution in [2.45, 2.75) is 32.9 Å². The third-order valence-corrected chi connectivity index (χ3v) is 2.44. The van der Waals surface area contributed by atoms with E-state index in [1.807, 2.05) is 13.8 Å². The lowest BCUT2D eigenvalue weighted by Crippen LogP contribution is -2.35. The summed E-state index contributed by atoms with van der Waals surface area (Å²) in [5.74, 6) is -0.693. The van der Waals surface area contributed by atoms with Gasteiger partial charge in [0.25, 0.3) is 0 Å². The highest BCUT2D eigenvalue weighted by molar-refractivity contribution is 5.92. The monoisotopic (exact) mass is 254 g/mol. The molecule has 1 atom stereocenters. The zero-order valence-corrected chi connectivity index (χ0v) is 10.9. The highest BCUT2D eigenvalue weighted by Crippen LogP contribution is 2.17. The molecular weight excluding hydrogens is 236 g/mol. The van der Waals surface area contributed by atoms with Gasteiger partial charge in [0.1, 0.15) is 11.9 Å². The normalized spacial score (nSPS) is 12.3. The Balaban J connectivity index is 2.94. The molecule has 0 aliphatic carbocycles. The van der Waals surface area contributed by atoms with Gasteiger partial charge in [-0.25, -0.2) is 9.78 Å². The maximum absolute atomic E-state index is 11.8. The Morgan fingerprint density at radius 3 is 2.56 bits per heavy atom. The quantitative estimate of drug-likeness (QED) is 0.755. The smallest absolute Gasteiger partial charge is 0.360 e. The van der Waals surface area contributed by atoms with Gasteiger partial charge in [0.05, 0.1) is 13.4 Å². The molecule has 100 valence electrons. The molecule has 1 rings (SSSR count). The van der Waals surface area contributed by atoms with Crippen LogP contribution in [0.15, 0.2) is 6.33 Å². The molecule has 0 spiro atoms. The number of imidazole rings is 1. The molecule has 18 heavy (non-hydrogen) atoms. The van der Waals surface area contributed by atoms with E-state index in [1.165, 1.54) is 18.0 Å². The minimum Gasteiger partial charge on any atom is -0.464 e. The number of nitrogens with zero attached hydrogens (tertiary/aromatic N) is 2. The number of anilines is 1. The standard InChI is InChI=1S/C11H18N4O3/c1-6(2)14-10(16)7(3)15-5-13-8(9(15)12)11(17)18-4/h5-7H,12H2,1-4H3,(H,14,16). The Bertz CT molecular complexity index is 453. The van der Waals surface area contributed by atoms with Crippen molar-refractivity contribution < 1.29 is 14.3 Å². The van der Waals surface area contributed by atoms with Crippen LogP contribution in [0.2, 0.25) is 0 Å². The maximum atomic E-state index is 11.8. The molecule has 1 aromatic rings. The SMILES string of the molecule is COC(=O)c1ncn(C(C)C(=O)NC(C)C)c1N. The Morgan fingerprint density at radius 2 is 2.06 bits per heavy atom. The number of esters is 1. The van der Waals surface area contributed by atoms with Gasteiger partial charge in [-0.2, -0.15) is 0 Å². The van der Waals surface area contributed by atoms with E-state index in [1.54, 1.807) is 6.92 Å². The summed E-state index contributed by atoms with van der Waals surface area (Å²) in [6.45, 7) is 5.40. The third kappa shape index (κ3) is 2.79. The number of rotatable bonds is 4. The first-order chi connectivity index (χ1) is 8.38. The molecule has 0 fully saturated rings. The number of aromatic nitrogens is 2. The fourth-order valence-electron chi connectivity index (χ4n) is 1.46. The lowest BCUT2D eigenvalue weighted by molar-refractivity contribution is -0.124. The van der Waals surface area contributed by atoms with Crippen molar-refractivity contribution in [2.75, 3.05) is 12.8 Å². The van der Waals surface area contributed by atoms with E-state index in [0.717, 1.165) is 0 Å². The first-order valence-electron chi connectivity index (χ1n) is 5.59. The second-order valence-electron chi connectivity index (χ2n) is 4.22. The molecule has 0 saturated carbocycles. The van der Waals surface area contributed by atoms with Crippen LogP contribution in [-0.2, 0) is 9.53 Å². The van der Waals surface area contributed by atoms with Crippen LogP contribution in [0.4, 0.5) is 5.82 Å². The molecule has 0 aliphatic rings. The first kappa shape index (κ1) is 14.0. The van der Waals surface area contributed by atoms with Crippen molar-refractivity contribution in [3.63, 3.8) is 0 Å². The summed E-state index contributed by atoms with van der Waals surface area (Å²) < 4.78 is 5.97. The van der Waals surface area contributed by atoms with Crippen molar-refractivity contribution >= 4 is 17.7 Å². The Morgan fingerprint density at radius 1 is 1.44 bits per heavy atom. The van der Waals surface area contributed by atoms with E-state index in [2.05, 4.69) is 15.0 Å². The van der Waals surface area contributed by atoms with E-state index >= 15 is 0 Å². The number of nitrogens with one attached hydrogen (secondary N) is 1. The van der Waals surface area contributed by atoms with Crippen LogP contribution in [0.3, 0.4) is 0 Å². The summed E-state index contributed by atoms with van der Waals surface area (Å²) in [4.78, 5) is 27.0. The molecule has 0 radical (unpaired) electrons. The zero-order chi connectivity index (χ0) is 13.9. The van der Waals surface area contributed by atoms with Crippen LogP contribution < -0.4 is 11.1 Å². The number of carbonyl (C=O) groups excluding carboxylic acids is 2. The Labute approximate surface area is 105 Å². The summed E-state index contributed by atoms with van der Waals surface area (Å²) in [5, 5.41) is 2.76. The molecule has 0 aromatic carbocycles. The lowest BCUT2D eigenvalue weighted by Gasteiger charge is -2.16. The number of nitrogens with two attached hydrogens (primary N) is 1. The van der Waals surface area contributed by atoms with Gasteiger partial charge in [-0.1, -0.05) is 0 Å². The number of carbonyl (C=O) groups is 2. The van der Waals surface area contributed by atoms with Crippen molar-refractivity contribution in [1.29, 1.82) is 0 Å². The van der Waals surface area contributed by atoms with Crippen LogP contribution in [0, 0.1) is 0 Å². The molecule has 3 N–H and O–H groups in total. The Kier molecular flexibility index (Phi) is 4.30. The second kappa shape index (κ2) is 5.52. The summed E-state index contributed by atoms with van der Waals surface area (Å²) in [6.07, 6.45) is 1.35. The molecule has 0 bridgehead atoms. The number of ether oxygens (including phenoxy) is 1. The minimum atomic E-state index is -0.622. The summed E-state index contributed by atoms with van der Waals surface area (Å²) in [5.41, 5.74) is 5.78. The molecule has 0 saturated heterocycles. The molecule has 1 amide bonds. The highest BCUT2D eigenvalue weighted by atomic mass is 16.5. The molecule has 7 nitrogen and oxygen atoms in total. The maximum Gasteiger partial charge on any atom is 0.360 e. The van der Waals surface area contributed by atoms with Crippen LogP contribution in [0.5, 0.6) is 0 Å². The fourth-order valence-corrected chi connectivity index (χ4v) is 1.46. The van der Waals surface area contributed by atoms with Crippen molar-refractivity contribution in [1.82, 2.24) is 14.9 Å². The minimum absolute atomic E-state index is 0.0155. The van der Waals surface area contributed by atoms with E-state index < -0.39 is 12.0 Å². The lowest BCUT2D eigenvalue weighted by atomic mass is 10.2. The van der Waals surface area contributed by atoms with Gasteiger partial charge in [-0.3, -0.25) is 4.79 Å². The van der Waals surface area contributed by atoms with Gasteiger partial charge in [0, 0.05) is 6.04 Å². The summed E-state index contributed by atoms with van der Waals surface area (Å²) in [7, 11) is 1.25. The Hall–Kier alpha value is -2.05. The summed E-state index contributed by atoms with van der Waals surface area (Å²) in [6, 6.07) is -0.511. The molecule has 7 heteroatoms. The van der Waals surface area contributed by atoms with Crippen LogP contribution in [0.1, 0.15) is 37.3 Å². The van der Waals surface area contributed by atoms with Gasteiger partial charge in [-0.05, 0) is 20.8 Å². The van der Waals surface area contributed by atoms with E-state index in [-0.39, 0.29) is 23.5 Å². The predicted octanol–water partition coefficient (Wildman–Crippen LogP) is 0.338. The first-order valence-corrected chi connectivity index (χ1v) is 5.59. The predicted molar refractivity (Wildman–Crippen MR) is 66.0 cm³/mol. The number of hydrogen-bond acceptors (Lipinski definition) is 5. The van der Waals surface area contributed by atoms with Crippen LogP contribution in [0.25, 0.3) is 0 Å². The topological polar surface area (TPSA) is 99.2 Å². The molecule has 0 aliphatic heterocycles. The highest BCUT2D eigenvalue weighted by Gasteiger charge is 2.22. The van der Waals surface area contributed by atoms with E-state index in [9.17, 15) is 9.59 Å². The summed E-state index contributed by atoms with van der Waals surface area (Å²) >= 11 is 0. The van der Waals surface area contributed by atoms with Gasteiger partial charge in [0.15, 0.2) is 5.69 Å². The molecule has 1 aromatic heterocycles. The van der Waals surface area contributed by atoms with Crippen LogP contribution >= 0.6 is 0 Å². The van der Waals surface area contributed by atoms with E-state index in [0.29, 0.717) is 0 Å². The van der Waals surface area contributed by atoms with Gasteiger partial charge in [-0.15, -0.1) is 0 Å². The number of nitrogen functional groups attached to an aromatic ring is 1. The molecule has 1 unspecified atom stereocenters. The third-order valence-electron chi connectivity index (χ3n) is 2.44. The number of hydrogen-bond donors (Lipinski definition) is 2.